The summed E-state index contributed by atoms with van der Waals surface area (Å²) in [4.78, 5) is 27.3. The predicted octanol–water partition coefficient (Wildman–Crippen LogP) is 3.36. The molecular weight excluding hydrogens is 306 g/mol. The lowest BCUT2D eigenvalue weighted by Crippen LogP contribution is -2.28. The number of carbonyl (C=O) groups excluding carboxylic acids is 2. The Labute approximate surface area is 139 Å². The first kappa shape index (κ1) is 15.8. The van der Waals surface area contributed by atoms with Crippen molar-refractivity contribution in [2.75, 3.05) is 6.61 Å². The zero-order chi connectivity index (χ0) is 16.9. The van der Waals surface area contributed by atoms with Gasteiger partial charge in [0.2, 0.25) is 5.78 Å². The summed E-state index contributed by atoms with van der Waals surface area (Å²) in [5, 5.41) is 0.812. The van der Waals surface area contributed by atoms with E-state index in [0.717, 1.165) is 10.9 Å². The van der Waals surface area contributed by atoms with E-state index in [9.17, 15) is 9.59 Å². The van der Waals surface area contributed by atoms with Crippen LogP contribution in [0.5, 0.6) is 5.75 Å². The summed E-state index contributed by atoms with van der Waals surface area (Å²) >= 11 is 0. The van der Waals surface area contributed by atoms with E-state index in [-0.39, 0.29) is 12.4 Å². The normalized spacial score (nSPS) is 11.9. The number of para-hydroxylation sites is 2. The maximum absolute atomic E-state index is 12.3. The van der Waals surface area contributed by atoms with Crippen molar-refractivity contribution in [3.63, 3.8) is 0 Å². The van der Waals surface area contributed by atoms with Crippen LogP contribution < -0.4 is 4.74 Å². The minimum atomic E-state index is -0.789. The van der Waals surface area contributed by atoms with E-state index in [1.807, 2.05) is 42.5 Å². The van der Waals surface area contributed by atoms with Crippen LogP contribution in [0.2, 0.25) is 0 Å². The number of hydrogen-bond acceptors (Lipinski definition) is 4. The molecule has 24 heavy (non-hydrogen) atoms. The number of benzene rings is 2. The number of aromatic amines is 1. The van der Waals surface area contributed by atoms with E-state index in [2.05, 4.69) is 4.98 Å². The number of ketones is 1. The van der Waals surface area contributed by atoms with Crippen LogP contribution in [0.4, 0.5) is 0 Å². The van der Waals surface area contributed by atoms with E-state index < -0.39 is 12.1 Å². The Kier molecular flexibility index (Phi) is 4.61. The van der Waals surface area contributed by atoms with Gasteiger partial charge in [-0.1, -0.05) is 36.4 Å². The quantitative estimate of drug-likeness (QED) is 0.558. The second-order valence-corrected chi connectivity index (χ2v) is 5.35. The number of ether oxygens (including phenoxy) is 2. The monoisotopic (exact) mass is 323 g/mol. The predicted molar refractivity (Wildman–Crippen MR) is 90.1 cm³/mol. The van der Waals surface area contributed by atoms with Crippen molar-refractivity contribution in [2.45, 2.75) is 13.0 Å². The van der Waals surface area contributed by atoms with E-state index in [0.29, 0.717) is 11.3 Å². The number of H-pyrrole nitrogens is 1. The largest absolute Gasteiger partial charge is 0.479 e. The van der Waals surface area contributed by atoms with Crippen LogP contribution in [0, 0.1) is 0 Å². The number of nitrogens with one attached hydrogen (secondary N) is 1. The van der Waals surface area contributed by atoms with Gasteiger partial charge in [0.05, 0.1) is 0 Å². The molecule has 122 valence electrons. The highest BCUT2D eigenvalue weighted by Crippen LogP contribution is 2.18. The van der Waals surface area contributed by atoms with E-state index in [1.165, 1.54) is 0 Å². The SMILES string of the molecule is C[C@H](Oc1ccccc1)C(=O)OCC(=O)c1c[nH]c2ccccc12. The van der Waals surface area contributed by atoms with Crippen molar-refractivity contribution < 1.29 is 19.1 Å². The van der Waals surface area contributed by atoms with Gasteiger partial charge in [0, 0.05) is 22.7 Å². The van der Waals surface area contributed by atoms with Gasteiger partial charge in [0.15, 0.2) is 12.7 Å². The van der Waals surface area contributed by atoms with E-state index in [1.54, 1.807) is 25.3 Å². The molecule has 5 heteroatoms. The zero-order valence-electron chi connectivity index (χ0n) is 13.2. The number of hydrogen-bond donors (Lipinski definition) is 1. The Bertz CT molecular complexity index is 854. The first-order valence-corrected chi connectivity index (χ1v) is 7.63. The Morgan fingerprint density at radius 2 is 1.75 bits per heavy atom. The van der Waals surface area contributed by atoms with Gasteiger partial charge in [-0.15, -0.1) is 0 Å². The minimum Gasteiger partial charge on any atom is -0.479 e. The standard InChI is InChI=1S/C19H17NO4/c1-13(24-14-7-3-2-4-8-14)19(22)23-12-18(21)16-11-20-17-10-6-5-9-15(16)17/h2-11,13,20H,12H2,1H3/t13-/m0/s1. The number of fused-ring (bicyclic) bond motifs is 1. The molecule has 0 spiro atoms. The van der Waals surface area contributed by atoms with Crippen LogP contribution in [0.1, 0.15) is 17.3 Å². The van der Waals surface area contributed by atoms with Crippen LogP contribution in [0.3, 0.4) is 0 Å². The highest BCUT2D eigenvalue weighted by atomic mass is 16.6. The summed E-state index contributed by atoms with van der Waals surface area (Å²) in [6.07, 6.45) is 0.841. The first-order valence-electron chi connectivity index (χ1n) is 7.63. The molecule has 3 aromatic rings. The van der Waals surface area contributed by atoms with Crippen molar-refractivity contribution in [3.8, 4) is 5.75 Å². The van der Waals surface area contributed by atoms with Gasteiger partial charge < -0.3 is 14.5 Å². The topological polar surface area (TPSA) is 68.4 Å². The zero-order valence-corrected chi connectivity index (χ0v) is 13.2. The average molecular weight is 323 g/mol. The van der Waals surface area contributed by atoms with Crippen LogP contribution in [-0.2, 0) is 9.53 Å². The minimum absolute atomic E-state index is 0.257. The van der Waals surface area contributed by atoms with Crippen LogP contribution in [0.25, 0.3) is 10.9 Å². The maximum atomic E-state index is 12.3. The molecule has 0 aliphatic carbocycles. The van der Waals surface area contributed by atoms with Crippen molar-refractivity contribution in [3.05, 3.63) is 66.4 Å². The summed E-state index contributed by atoms with van der Waals surface area (Å²) in [5.74, 6) is -0.260. The van der Waals surface area contributed by atoms with Gasteiger partial charge in [-0.3, -0.25) is 4.79 Å². The molecule has 3 rings (SSSR count). The third-order valence-corrected chi connectivity index (χ3v) is 3.62. The van der Waals surface area contributed by atoms with Gasteiger partial charge in [0.25, 0.3) is 0 Å². The van der Waals surface area contributed by atoms with Crippen LogP contribution in [-0.4, -0.2) is 29.4 Å². The fourth-order valence-corrected chi connectivity index (χ4v) is 2.39. The number of aromatic nitrogens is 1. The van der Waals surface area contributed by atoms with Crippen molar-refractivity contribution in [1.29, 1.82) is 0 Å². The lowest BCUT2D eigenvalue weighted by atomic mass is 10.1. The molecule has 5 nitrogen and oxygen atoms in total. The number of Topliss-reactive ketones (excluding diaryl/α,β-unsaturated/α-hetero) is 1. The van der Waals surface area contributed by atoms with Crippen LogP contribution in [0.15, 0.2) is 60.8 Å². The summed E-state index contributed by atoms with van der Waals surface area (Å²) in [7, 11) is 0. The lowest BCUT2D eigenvalue weighted by Gasteiger charge is -2.13. The van der Waals surface area contributed by atoms with Crippen LogP contribution >= 0.6 is 0 Å². The molecule has 0 radical (unpaired) electrons. The molecule has 0 unspecified atom stereocenters. The highest BCUT2D eigenvalue weighted by Gasteiger charge is 2.19. The van der Waals surface area contributed by atoms with Gasteiger partial charge in [-0.25, -0.2) is 4.79 Å². The summed E-state index contributed by atoms with van der Waals surface area (Å²) in [6.45, 7) is 1.27. The van der Waals surface area contributed by atoms with Crippen molar-refractivity contribution in [2.24, 2.45) is 0 Å². The summed E-state index contributed by atoms with van der Waals surface area (Å²) in [6, 6.07) is 16.5. The van der Waals surface area contributed by atoms with Gasteiger partial charge in [0.1, 0.15) is 5.75 Å². The molecule has 0 aliphatic rings. The fourth-order valence-electron chi connectivity index (χ4n) is 2.39. The molecular formula is C19H17NO4. The highest BCUT2D eigenvalue weighted by molar-refractivity contribution is 6.08. The first-order chi connectivity index (χ1) is 11.6. The number of esters is 1. The Hall–Kier alpha value is -3.08. The van der Waals surface area contributed by atoms with Gasteiger partial charge in [-0.2, -0.15) is 0 Å². The Morgan fingerprint density at radius 1 is 1.04 bits per heavy atom. The fraction of sp³-hybridized carbons (Fsp3) is 0.158. The molecule has 0 fully saturated rings. The number of carbonyl (C=O) groups is 2. The molecule has 0 aliphatic heterocycles. The van der Waals surface area contributed by atoms with Crippen molar-refractivity contribution >= 4 is 22.7 Å². The molecule has 0 bridgehead atoms. The van der Waals surface area contributed by atoms with Gasteiger partial charge in [-0.05, 0) is 25.1 Å². The van der Waals surface area contributed by atoms with E-state index >= 15 is 0 Å². The average Bonchev–Trinajstić information content (AvgIpc) is 3.04. The molecule has 2 aromatic carbocycles. The van der Waals surface area contributed by atoms with E-state index in [4.69, 9.17) is 9.47 Å². The molecule has 0 saturated carbocycles. The summed E-state index contributed by atoms with van der Waals surface area (Å²) < 4.78 is 10.6. The molecule has 1 N–H and O–H groups in total. The third kappa shape index (κ3) is 3.46. The Balaban J connectivity index is 1.58. The molecule has 0 amide bonds. The molecule has 1 aromatic heterocycles. The smallest absolute Gasteiger partial charge is 0.347 e. The second-order valence-electron chi connectivity index (χ2n) is 5.35. The van der Waals surface area contributed by atoms with Gasteiger partial charge >= 0.3 is 5.97 Å². The third-order valence-electron chi connectivity index (χ3n) is 3.62. The molecule has 1 atom stereocenters. The second kappa shape index (κ2) is 7.00. The Morgan fingerprint density at radius 3 is 2.54 bits per heavy atom. The maximum Gasteiger partial charge on any atom is 0.347 e. The number of rotatable bonds is 6. The summed E-state index contributed by atoms with van der Waals surface area (Å²) in [5.41, 5.74) is 1.38. The van der Waals surface area contributed by atoms with Crippen molar-refractivity contribution in [1.82, 2.24) is 4.98 Å². The molecule has 0 saturated heterocycles. The lowest BCUT2D eigenvalue weighted by molar-refractivity contribution is -0.149. The molecule has 1 heterocycles.